The highest BCUT2D eigenvalue weighted by atomic mass is 32.2. The van der Waals surface area contributed by atoms with Gasteiger partial charge in [0.2, 0.25) is 21.7 Å². The minimum atomic E-state index is -3.69. The van der Waals surface area contributed by atoms with Gasteiger partial charge in [0.15, 0.2) is 0 Å². The fourth-order valence-corrected chi connectivity index (χ4v) is 5.10. The van der Waals surface area contributed by atoms with Gasteiger partial charge in [-0.2, -0.15) is 9.29 Å². The number of thiophene rings is 1. The number of benzene rings is 1. The molecule has 0 spiro atoms. The molecule has 150 valence electrons. The van der Waals surface area contributed by atoms with Gasteiger partial charge in [0.05, 0.1) is 16.3 Å². The summed E-state index contributed by atoms with van der Waals surface area (Å²) in [5, 5.41) is 5.92. The average Bonchev–Trinajstić information content (AvgIpc) is 3.37. The van der Waals surface area contributed by atoms with E-state index in [1.165, 1.54) is 15.6 Å². The summed E-state index contributed by atoms with van der Waals surface area (Å²) < 4.78 is 33.4. The predicted molar refractivity (Wildman–Crippen MR) is 111 cm³/mol. The van der Waals surface area contributed by atoms with Crippen molar-refractivity contribution in [3.63, 3.8) is 0 Å². The molecule has 0 saturated carbocycles. The lowest BCUT2D eigenvalue weighted by Crippen LogP contribution is -2.37. The van der Waals surface area contributed by atoms with Crippen LogP contribution in [-0.2, 0) is 16.6 Å². The van der Waals surface area contributed by atoms with Crippen LogP contribution in [0.4, 0.5) is 0 Å². The van der Waals surface area contributed by atoms with Crippen molar-refractivity contribution in [1.82, 2.24) is 14.4 Å². The summed E-state index contributed by atoms with van der Waals surface area (Å²) in [6.45, 7) is 8.05. The van der Waals surface area contributed by atoms with E-state index in [-0.39, 0.29) is 23.4 Å². The molecule has 0 saturated heterocycles. The highest BCUT2D eigenvalue weighted by Gasteiger charge is 2.30. The van der Waals surface area contributed by atoms with Crippen molar-refractivity contribution in [2.45, 2.75) is 57.5 Å². The number of aromatic nitrogens is 2. The molecule has 0 radical (unpaired) electrons. The highest BCUT2D eigenvalue weighted by Crippen LogP contribution is 2.26. The van der Waals surface area contributed by atoms with Gasteiger partial charge in [0.1, 0.15) is 0 Å². The summed E-state index contributed by atoms with van der Waals surface area (Å²) >= 11 is 1.51. The van der Waals surface area contributed by atoms with Crippen LogP contribution in [0.1, 0.15) is 51.5 Å². The molecular weight excluding hydrogens is 394 g/mol. The number of hydrogen-bond donors (Lipinski definition) is 0. The third-order valence-electron chi connectivity index (χ3n) is 4.74. The molecule has 0 bridgehead atoms. The predicted octanol–water partition coefficient (Wildman–Crippen LogP) is 4.91. The Morgan fingerprint density at radius 1 is 1.14 bits per heavy atom. The summed E-state index contributed by atoms with van der Waals surface area (Å²) in [7, 11) is -3.69. The SMILES string of the molecule is CC[C@H](C)N(Cc1nc(-c2cccs2)no1)S(=O)(=O)c1ccc(C(C)C)cc1. The maximum atomic E-state index is 13.3. The molecule has 0 N–H and O–H groups in total. The van der Waals surface area contributed by atoms with Crippen LogP contribution < -0.4 is 0 Å². The third-order valence-corrected chi connectivity index (χ3v) is 7.58. The van der Waals surface area contributed by atoms with Gasteiger partial charge in [-0.25, -0.2) is 8.42 Å². The smallest absolute Gasteiger partial charge is 0.243 e. The van der Waals surface area contributed by atoms with Crippen LogP contribution in [0.3, 0.4) is 0 Å². The van der Waals surface area contributed by atoms with Crippen molar-refractivity contribution >= 4 is 21.4 Å². The van der Waals surface area contributed by atoms with Gasteiger partial charge in [-0.1, -0.05) is 44.1 Å². The molecule has 3 aromatic rings. The molecule has 6 nitrogen and oxygen atoms in total. The van der Waals surface area contributed by atoms with Crippen LogP contribution in [0, 0.1) is 0 Å². The normalized spacial score (nSPS) is 13.4. The maximum absolute atomic E-state index is 13.3. The molecule has 0 amide bonds. The minimum Gasteiger partial charge on any atom is -0.337 e. The first-order chi connectivity index (χ1) is 13.3. The number of nitrogens with zero attached hydrogens (tertiary/aromatic N) is 3. The summed E-state index contributed by atoms with van der Waals surface area (Å²) in [5.41, 5.74) is 1.10. The topological polar surface area (TPSA) is 76.3 Å². The van der Waals surface area contributed by atoms with Gasteiger partial charge in [0.25, 0.3) is 0 Å². The second-order valence-electron chi connectivity index (χ2n) is 7.02. The van der Waals surface area contributed by atoms with E-state index in [1.807, 2.05) is 43.5 Å². The molecule has 8 heteroatoms. The van der Waals surface area contributed by atoms with E-state index >= 15 is 0 Å². The Kier molecular flexibility index (Phi) is 6.32. The van der Waals surface area contributed by atoms with Gasteiger partial charge in [-0.15, -0.1) is 11.3 Å². The highest BCUT2D eigenvalue weighted by molar-refractivity contribution is 7.89. The lowest BCUT2D eigenvalue weighted by atomic mass is 10.0. The van der Waals surface area contributed by atoms with Crippen LogP contribution in [-0.4, -0.2) is 28.9 Å². The molecule has 1 aromatic carbocycles. The molecule has 0 aliphatic rings. The van der Waals surface area contributed by atoms with Crippen LogP contribution in [0.25, 0.3) is 10.7 Å². The summed E-state index contributed by atoms with van der Waals surface area (Å²) in [4.78, 5) is 5.54. The van der Waals surface area contributed by atoms with Gasteiger partial charge in [0, 0.05) is 6.04 Å². The molecule has 3 rings (SSSR count). The number of hydrogen-bond acceptors (Lipinski definition) is 6. The Balaban J connectivity index is 1.89. The van der Waals surface area contributed by atoms with Crippen molar-refractivity contribution < 1.29 is 12.9 Å². The second kappa shape index (κ2) is 8.55. The second-order valence-corrected chi connectivity index (χ2v) is 9.86. The fourth-order valence-electron chi connectivity index (χ4n) is 2.80. The molecule has 2 aromatic heterocycles. The summed E-state index contributed by atoms with van der Waals surface area (Å²) in [6.07, 6.45) is 0.676. The minimum absolute atomic E-state index is 0.0433. The lowest BCUT2D eigenvalue weighted by molar-refractivity contribution is 0.273. The molecule has 0 aliphatic carbocycles. The summed E-state index contributed by atoms with van der Waals surface area (Å²) in [5.74, 6) is 1.11. The third kappa shape index (κ3) is 4.34. The first-order valence-electron chi connectivity index (χ1n) is 9.31. The number of rotatable bonds is 8. The Bertz CT molecular complexity index is 994. The van der Waals surface area contributed by atoms with Gasteiger partial charge in [-0.3, -0.25) is 0 Å². The molecule has 0 aliphatic heterocycles. The Hall–Kier alpha value is -2.03. The van der Waals surface area contributed by atoms with Crippen molar-refractivity contribution in [1.29, 1.82) is 0 Å². The molecule has 0 fully saturated rings. The van der Waals surface area contributed by atoms with Crippen LogP contribution in [0.2, 0.25) is 0 Å². The molecule has 0 unspecified atom stereocenters. The van der Waals surface area contributed by atoms with Crippen LogP contribution in [0.15, 0.2) is 51.2 Å². The van der Waals surface area contributed by atoms with E-state index in [1.54, 1.807) is 12.1 Å². The first-order valence-corrected chi connectivity index (χ1v) is 11.6. The Morgan fingerprint density at radius 2 is 1.86 bits per heavy atom. The van der Waals surface area contributed by atoms with Gasteiger partial charge < -0.3 is 4.52 Å². The largest absolute Gasteiger partial charge is 0.337 e. The molecule has 2 heterocycles. The monoisotopic (exact) mass is 419 g/mol. The molecular formula is C20H25N3O3S2. The van der Waals surface area contributed by atoms with E-state index in [0.717, 1.165) is 10.4 Å². The van der Waals surface area contributed by atoms with Crippen molar-refractivity contribution in [3.8, 4) is 10.7 Å². The van der Waals surface area contributed by atoms with E-state index in [4.69, 9.17) is 4.52 Å². The van der Waals surface area contributed by atoms with Crippen molar-refractivity contribution in [3.05, 3.63) is 53.2 Å². The van der Waals surface area contributed by atoms with E-state index in [2.05, 4.69) is 24.0 Å². The summed E-state index contributed by atoms with van der Waals surface area (Å²) in [6, 6.07) is 10.7. The van der Waals surface area contributed by atoms with Crippen LogP contribution in [0.5, 0.6) is 0 Å². The quantitative estimate of drug-likeness (QED) is 0.518. The maximum Gasteiger partial charge on any atom is 0.243 e. The Morgan fingerprint density at radius 3 is 2.43 bits per heavy atom. The van der Waals surface area contributed by atoms with E-state index < -0.39 is 10.0 Å². The molecule has 1 atom stereocenters. The van der Waals surface area contributed by atoms with Crippen molar-refractivity contribution in [2.75, 3.05) is 0 Å². The standard InChI is InChI=1S/C20H25N3O3S2/c1-5-15(4)23(13-19-21-20(22-26-19)18-7-6-12-27-18)28(24,25)17-10-8-16(9-11-17)14(2)3/h6-12,14-15H,5,13H2,1-4H3/t15-/m0/s1. The van der Waals surface area contributed by atoms with Crippen LogP contribution >= 0.6 is 11.3 Å². The Labute approximate surface area is 170 Å². The zero-order valence-electron chi connectivity index (χ0n) is 16.5. The van der Waals surface area contributed by atoms with Crippen molar-refractivity contribution in [2.24, 2.45) is 0 Å². The van der Waals surface area contributed by atoms with E-state index in [0.29, 0.717) is 18.2 Å². The average molecular weight is 420 g/mol. The number of sulfonamides is 1. The fraction of sp³-hybridized carbons (Fsp3) is 0.400. The first kappa shape index (κ1) is 20.7. The molecule has 28 heavy (non-hydrogen) atoms. The lowest BCUT2D eigenvalue weighted by Gasteiger charge is -2.26. The van der Waals surface area contributed by atoms with E-state index in [9.17, 15) is 8.42 Å². The zero-order valence-corrected chi connectivity index (χ0v) is 18.1. The van der Waals surface area contributed by atoms with Gasteiger partial charge in [-0.05, 0) is 48.4 Å². The zero-order chi connectivity index (χ0) is 20.3. The van der Waals surface area contributed by atoms with Gasteiger partial charge >= 0.3 is 0 Å².